The van der Waals surface area contributed by atoms with Gasteiger partial charge in [0.15, 0.2) is 0 Å². The fourth-order valence-electron chi connectivity index (χ4n) is 6.92. The van der Waals surface area contributed by atoms with E-state index in [1.165, 1.54) is 0 Å². The lowest BCUT2D eigenvalue weighted by atomic mass is 10.1. The van der Waals surface area contributed by atoms with Crippen molar-refractivity contribution in [2.24, 2.45) is 20.5 Å². The molecule has 7 rings (SSSR count). The molecule has 14 heteroatoms. The molecule has 0 radical (unpaired) electrons. The Balaban J connectivity index is 0.899. The average molecular weight is 803 g/mol. The van der Waals surface area contributed by atoms with Gasteiger partial charge in [-0.3, -0.25) is 9.59 Å². The number of phenols is 2. The molecule has 302 valence electrons. The Labute approximate surface area is 347 Å². The highest BCUT2D eigenvalue weighted by Crippen LogP contribution is 2.35. The summed E-state index contributed by atoms with van der Waals surface area (Å²) < 4.78 is 3.96. The Bertz CT molecular complexity index is 2570. The Morgan fingerprint density at radius 1 is 0.533 bits per heavy atom. The molecule has 6 N–H and O–H groups in total. The number of nitrogens with two attached hydrogens (primary N) is 2. The lowest BCUT2D eigenvalue weighted by Gasteiger charge is -2.18. The Kier molecular flexibility index (Phi) is 12.3. The molecule has 0 unspecified atom stereocenters. The maximum Gasteiger partial charge on any atom is 0.350 e. The van der Waals surface area contributed by atoms with Gasteiger partial charge in [0.25, 0.3) is 11.8 Å². The Morgan fingerprint density at radius 3 is 1.37 bits per heavy atom. The van der Waals surface area contributed by atoms with Gasteiger partial charge in [0.05, 0.1) is 35.7 Å². The third-order valence-electron chi connectivity index (χ3n) is 10.2. The van der Waals surface area contributed by atoms with Crippen molar-refractivity contribution in [3.63, 3.8) is 0 Å². The van der Waals surface area contributed by atoms with Crippen molar-refractivity contribution in [1.82, 2.24) is 9.80 Å². The molecule has 0 bridgehead atoms. The van der Waals surface area contributed by atoms with Crippen LogP contribution in [0.5, 0.6) is 11.5 Å². The minimum absolute atomic E-state index is 0.125. The highest BCUT2D eigenvalue weighted by atomic mass is 16.3. The van der Waals surface area contributed by atoms with Crippen LogP contribution < -0.4 is 20.6 Å². The smallest absolute Gasteiger partial charge is 0.350 e. The zero-order valence-electron chi connectivity index (χ0n) is 33.4. The SMILES string of the molecule is CN(CCC[n+]1ccccc1N=Nc1ccc(N)c2cc(O)ccc12)C(=O)c1ccc(C(=O)N(C)CCC[n+]2ccccc2/N=N/c2ccc(N)c3cc(O)ccc23)cc1. The molecular formula is C46H46N10O4+2. The van der Waals surface area contributed by atoms with Gasteiger partial charge in [0.2, 0.25) is 0 Å². The number of phenolic OH excluding ortho intramolecular Hbond substituents is 2. The van der Waals surface area contributed by atoms with E-state index in [-0.39, 0.29) is 23.3 Å². The molecule has 0 aliphatic carbocycles. The first kappa shape index (κ1) is 40.5. The van der Waals surface area contributed by atoms with Crippen LogP contribution in [0.3, 0.4) is 0 Å². The Hall–Kier alpha value is -7.74. The number of fused-ring (bicyclic) bond motifs is 2. The molecular weight excluding hydrogens is 757 g/mol. The van der Waals surface area contributed by atoms with E-state index in [4.69, 9.17) is 11.5 Å². The minimum atomic E-state index is -0.140. The summed E-state index contributed by atoms with van der Waals surface area (Å²) >= 11 is 0. The predicted octanol–water partition coefficient (Wildman–Crippen LogP) is 8.30. The molecule has 0 atom stereocenters. The molecule has 0 saturated carbocycles. The van der Waals surface area contributed by atoms with Crippen LogP contribution in [0.2, 0.25) is 0 Å². The molecule has 2 heterocycles. The monoisotopic (exact) mass is 802 g/mol. The fourth-order valence-corrected chi connectivity index (χ4v) is 6.92. The van der Waals surface area contributed by atoms with Gasteiger partial charge < -0.3 is 31.5 Å². The van der Waals surface area contributed by atoms with E-state index in [9.17, 15) is 19.8 Å². The number of anilines is 2. The van der Waals surface area contributed by atoms with Crippen LogP contribution in [0, 0.1) is 0 Å². The number of nitrogen functional groups attached to an aromatic ring is 2. The maximum atomic E-state index is 13.3. The van der Waals surface area contributed by atoms with Crippen LogP contribution in [-0.4, -0.2) is 59.0 Å². The lowest BCUT2D eigenvalue weighted by molar-refractivity contribution is -0.684. The number of hydrogen-bond donors (Lipinski definition) is 4. The molecule has 0 fully saturated rings. The van der Waals surface area contributed by atoms with Gasteiger partial charge in [-0.1, -0.05) is 12.1 Å². The quantitative estimate of drug-likeness (QED) is 0.0486. The van der Waals surface area contributed by atoms with Crippen molar-refractivity contribution in [1.29, 1.82) is 0 Å². The first-order chi connectivity index (χ1) is 29.0. The molecule has 0 aliphatic rings. The van der Waals surface area contributed by atoms with Crippen molar-refractivity contribution in [2.45, 2.75) is 25.9 Å². The standard InChI is InChI=1S/C46H44N10O4/c1-53(23-7-27-55-25-5-3-9-43(55)51-49-41-21-19-39(47)37-29-33(57)15-17-35(37)41)45(59)31-11-13-32(14-12-31)46(60)54(2)24-8-28-56-26-6-4-10-44(56)52-50-42-22-20-40(48)38-30-34(58)16-18-36(38)42/h3-6,9-22,25-26,29-30,47-48H,7-8,23-24,27-28H2,1-2H3,(H2,49,50,57,58)/p+2. The van der Waals surface area contributed by atoms with Crippen LogP contribution >= 0.6 is 0 Å². The van der Waals surface area contributed by atoms with Crippen molar-refractivity contribution >= 4 is 67.7 Å². The number of carbonyl (C=O) groups excluding carboxylic acids is 2. The molecule has 14 nitrogen and oxygen atoms in total. The number of pyridine rings is 2. The van der Waals surface area contributed by atoms with E-state index in [1.807, 2.05) is 57.9 Å². The summed E-state index contributed by atoms with van der Waals surface area (Å²) in [5.74, 6) is 1.27. The van der Waals surface area contributed by atoms with Crippen molar-refractivity contribution in [2.75, 3.05) is 38.7 Å². The van der Waals surface area contributed by atoms with Gasteiger partial charge in [-0.25, -0.2) is 9.13 Å². The number of carbonyl (C=O) groups is 2. The highest BCUT2D eigenvalue weighted by Gasteiger charge is 2.18. The van der Waals surface area contributed by atoms with E-state index in [0.717, 1.165) is 10.8 Å². The van der Waals surface area contributed by atoms with E-state index in [0.29, 0.717) is 95.3 Å². The van der Waals surface area contributed by atoms with Gasteiger partial charge in [0, 0.05) is 96.2 Å². The molecule has 0 aliphatic heterocycles. The van der Waals surface area contributed by atoms with Gasteiger partial charge in [-0.2, -0.15) is 0 Å². The number of hydrogen-bond acceptors (Lipinski definition) is 10. The van der Waals surface area contributed by atoms with Crippen molar-refractivity contribution < 1.29 is 28.9 Å². The Morgan fingerprint density at radius 2 is 0.950 bits per heavy atom. The first-order valence-electron chi connectivity index (χ1n) is 19.5. The van der Waals surface area contributed by atoms with Crippen molar-refractivity contribution in [3.05, 3.63) is 145 Å². The van der Waals surface area contributed by atoms with Gasteiger partial charge in [-0.15, -0.1) is 0 Å². The van der Waals surface area contributed by atoms with E-state index < -0.39 is 0 Å². The maximum absolute atomic E-state index is 13.3. The molecule has 0 saturated heterocycles. The largest absolute Gasteiger partial charge is 0.508 e. The van der Waals surface area contributed by atoms with E-state index in [2.05, 4.69) is 20.5 Å². The number of amides is 2. The topological polar surface area (TPSA) is 190 Å². The van der Waals surface area contributed by atoms with Crippen LogP contribution in [0.15, 0.2) is 154 Å². The van der Waals surface area contributed by atoms with E-state index in [1.54, 1.807) is 109 Å². The average Bonchev–Trinajstić information content (AvgIpc) is 3.26. The normalized spacial score (nSPS) is 11.5. The number of benzene rings is 5. The second kappa shape index (κ2) is 18.2. The molecule has 5 aromatic carbocycles. The third-order valence-corrected chi connectivity index (χ3v) is 10.2. The number of nitrogens with zero attached hydrogens (tertiary/aromatic N) is 8. The lowest BCUT2D eigenvalue weighted by Crippen LogP contribution is -2.36. The summed E-state index contributed by atoms with van der Waals surface area (Å²) in [4.78, 5) is 30.0. The zero-order chi connectivity index (χ0) is 42.2. The number of rotatable bonds is 14. The summed E-state index contributed by atoms with van der Waals surface area (Å²) in [5, 5.41) is 40.8. The molecule has 0 spiro atoms. The summed E-state index contributed by atoms with van der Waals surface area (Å²) in [5.41, 5.74) is 15.6. The summed E-state index contributed by atoms with van der Waals surface area (Å²) in [6, 6.07) is 35.2. The van der Waals surface area contributed by atoms with Crippen LogP contribution in [0.25, 0.3) is 21.5 Å². The summed E-state index contributed by atoms with van der Waals surface area (Å²) in [6.07, 6.45) is 5.18. The van der Waals surface area contributed by atoms with Crippen LogP contribution in [-0.2, 0) is 13.1 Å². The summed E-state index contributed by atoms with van der Waals surface area (Å²) in [7, 11) is 3.53. The number of aromatic nitrogens is 2. The number of aromatic hydroxyl groups is 2. The summed E-state index contributed by atoms with van der Waals surface area (Å²) in [6.45, 7) is 2.20. The number of aryl methyl sites for hydroxylation is 2. The number of azo groups is 2. The van der Waals surface area contributed by atoms with Crippen LogP contribution in [0.1, 0.15) is 33.6 Å². The third kappa shape index (κ3) is 9.34. The van der Waals surface area contributed by atoms with Gasteiger partial charge >= 0.3 is 11.6 Å². The highest BCUT2D eigenvalue weighted by molar-refractivity contribution is 6.02. The predicted molar refractivity (Wildman–Crippen MR) is 231 cm³/mol. The molecule has 2 amide bonds. The van der Waals surface area contributed by atoms with E-state index >= 15 is 0 Å². The zero-order valence-corrected chi connectivity index (χ0v) is 33.4. The van der Waals surface area contributed by atoms with Crippen LogP contribution in [0.4, 0.5) is 34.4 Å². The molecule has 7 aromatic rings. The molecule has 60 heavy (non-hydrogen) atoms. The minimum Gasteiger partial charge on any atom is -0.508 e. The van der Waals surface area contributed by atoms with Gasteiger partial charge in [-0.05, 0) is 107 Å². The van der Waals surface area contributed by atoms with Gasteiger partial charge in [0.1, 0.15) is 22.9 Å². The first-order valence-corrected chi connectivity index (χ1v) is 19.5. The van der Waals surface area contributed by atoms with Crippen molar-refractivity contribution in [3.8, 4) is 11.5 Å². The molecule has 2 aromatic heterocycles. The fraction of sp³-hybridized carbons (Fsp3) is 0.174. The second-order valence-corrected chi connectivity index (χ2v) is 14.4. The second-order valence-electron chi connectivity index (χ2n) is 14.4.